The van der Waals surface area contributed by atoms with E-state index < -0.39 is 37.3 Å². The summed E-state index contributed by atoms with van der Waals surface area (Å²) in [5.74, 6) is -0.717. The van der Waals surface area contributed by atoms with E-state index in [2.05, 4.69) is 10.6 Å². The van der Waals surface area contributed by atoms with Gasteiger partial charge in [-0.1, -0.05) is 0 Å². The molecule has 1 unspecified atom stereocenters. The van der Waals surface area contributed by atoms with Gasteiger partial charge in [0.05, 0.1) is 19.8 Å². The van der Waals surface area contributed by atoms with E-state index in [9.17, 15) is 9.59 Å². The number of rotatable bonds is 5. The molecule has 1 rings (SSSR count). The average molecular weight is 232 g/mol. The van der Waals surface area contributed by atoms with Gasteiger partial charge in [-0.2, -0.15) is 0 Å². The average Bonchev–Trinajstić information content (AvgIpc) is 2.73. The molecule has 5 N–H and O–H groups in total. The summed E-state index contributed by atoms with van der Waals surface area (Å²) in [6.45, 7) is -1.73. The van der Waals surface area contributed by atoms with Crippen molar-refractivity contribution >= 4 is 11.8 Å². The molecule has 0 aliphatic carbocycles. The maximum Gasteiger partial charge on any atom is 0.243 e. The molecule has 92 valence electrons. The van der Waals surface area contributed by atoms with Gasteiger partial charge < -0.3 is 26.0 Å². The van der Waals surface area contributed by atoms with Gasteiger partial charge in [0.15, 0.2) is 0 Å². The fraction of sp³-hybridized carbons (Fsp3) is 0.778. The Morgan fingerprint density at radius 3 is 2.31 bits per heavy atom. The smallest absolute Gasteiger partial charge is 0.243 e. The molecule has 1 aliphatic rings. The lowest BCUT2D eigenvalue weighted by Gasteiger charge is -2.29. The van der Waals surface area contributed by atoms with Crippen molar-refractivity contribution in [3.05, 3.63) is 0 Å². The molecule has 1 fully saturated rings. The van der Waals surface area contributed by atoms with Gasteiger partial charge in [0.25, 0.3) is 0 Å². The number of nitrogens with one attached hydrogen (secondary N) is 2. The minimum atomic E-state index is -1.44. The second-order valence-electron chi connectivity index (χ2n) is 3.90. The normalized spacial score (nSPS) is 20.7. The van der Waals surface area contributed by atoms with Crippen LogP contribution in [0.25, 0.3) is 0 Å². The van der Waals surface area contributed by atoms with E-state index in [-0.39, 0.29) is 12.3 Å². The molecule has 2 amide bonds. The highest BCUT2D eigenvalue weighted by Crippen LogP contribution is 2.09. The quantitative estimate of drug-likeness (QED) is 0.348. The third kappa shape index (κ3) is 2.69. The van der Waals surface area contributed by atoms with E-state index in [0.29, 0.717) is 6.42 Å². The predicted molar refractivity (Wildman–Crippen MR) is 53.3 cm³/mol. The second-order valence-corrected chi connectivity index (χ2v) is 3.90. The van der Waals surface area contributed by atoms with Crippen molar-refractivity contribution < 1.29 is 24.9 Å². The summed E-state index contributed by atoms with van der Waals surface area (Å²) in [4.78, 5) is 22.5. The summed E-state index contributed by atoms with van der Waals surface area (Å²) in [6.07, 6.45) is 0.658. The first kappa shape index (κ1) is 12.9. The predicted octanol–water partition coefficient (Wildman–Crippen LogP) is -2.90. The molecule has 0 aromatic rings. The first-order valence-corrected chi connectivity index (χ1v) is 5.01. The molecule has 7 nitrogen and oxygen atoms in total. The number of amides is 2. The first-order chi connectivity index (χ1) is 7.56. The highest BCUT2D eigenvalue weighted by molar-refractivity contribution is 5.91. The zero-order valence-corrected chi connectivity index (χ0v) is 8.77. The van der Waals surface area contributed by atoms with Crippen LogP contribution in [0.2, 0.25) is 0 Å². The van der Waals surface area contributed by atoms with Gasteiger partial charge in [-0.25, -0.2) is 0 Å². The summed E-state index contributed by atoms with van der Waals surface area (Å²) in [5, 5.41) is 31.8. The molecular formula is C9H16N2O5. The SMILES string of the molecule is O=C1CCC(C(=O)NC(CO)(CO)CO)N1. The Kier molecular flexibility index (Phi) is 4.22. The lowest BCUT2D eigenvalue weighted by Crippen LogP contribution is -2.60. The summed E-state index contributed by atoms with van der Waals surface area (Å²) in [5.41, 5.74) is -1.44. The lowest BCUT2D eigenvalue weighted by molar-refractivity contribution is -0.129. The molecule has 1 saturated heterocycles. The number of aliphatic hydroxyl groups excluding tert-OH is 3. The summed E-state index contributed by atoms with van der Waals surface area (Å²) < 4.78 is 0. The van der Waals surface area contributed by atoms with Crippen molar-refractivity contribution in [2.45, 2.75) is 24.4 Å². The van der Waals surface area contributed by atoms with Crippen molar-refractivity contribution in [3.63, 3.8) is 0 Å². The third-order valence-electron chi connectivity index (χ3n) is 2.61. The Hall–Kier alpha value is -1.18. The van der Waals surface area contributed by atoms with Crippen molar-refractivity contribution in [1.82, 2.24) is 10.6 Å². The second kappa shape index (κ2) is 5.24. The van der Waals surface area contributed by atoms with E-state index in [4.69, 9.17) is 15.3 Å². The first-order valence-electron chi connectivity index (χ1n) is 5.01. The van der Waals surface area contributed by atoms with Crippen LogP contribution in [0.5, 0.6) is 0 Å². The van der Waals surface area contributed by atoms with Crippen LogP contribution < -0.4 is 10.6 Å². The number of carbonyl (C=O) groups is 2. The molecule has 0 radical (unpaired) electrons. The van der Waals surface area contributed by atoms with Gasteiger partial charge in [0, 0.05) is 6.42 Å². The van der Waals surface area contributed by atoms with Crippen LogP contribution in [-0.2, 0) is 9.59 Å². The molecule has 0 aromatic carbocycles. The van der Waals surface area contributed by atoms with E-state index in [1.165, 1.54) is 0 Å². The number of aliphatic hydroxyl groups is 3. The summed E-state index contributed by atoms with van der Waals surface area (Å²) in [6, 6.07) is -0.656. The van der Waals surface area contributed by atoms with E-state index in [1.807, 2.05) is 0 Å². The fourth-order valence-corrected chi connectivity index (χ4v) is 1.43. The van der Waals surface area contributed by atoms with Gasteiger partial charge >= 0.3 is 0 Å². The standard InChI is InChI=1S/C9H16N2O5/c12-3-9(4-13,5-14)11-8(16)6-1-2-7(15)10-6/h6,12-14H,1-5H2,(H,10,15)(H,11,16). The van der Waals surface area contributed by atoms with Crippen LogP contribution in [0.15, 0.2) is 0 Å². The molecule has 16 heavy (non-hydrogen) atoms. The minimum Gasteiger partial charge on any atom is -0.394 e. The highest BCUT2D eigenvalue weighted by atomic mass is 16.3. The molecule has 0 aromatic heterocycles. The summed E-state index contributed by atoms with van der Waals surface area (Å²) >= 11 is 0. The molecule has 1 heterocycles. The van der Waals surface area contributed by atoms with E-state index in [0.717, 1.165) is 0 Å². The van der Waals surface area contributed by atoms with Crippen LogP contribution in [0.4, 0.5) is 0 Å². The van der Waals surface area contributed by atoms with Crippen molar-refractivity contribution in [1.29, 1.82) is 0 Å². The molecule has 7 heteroatoms. The van der Waals surface area contributed by atoms with Gasteiger partial charge in [-0.15, -0.1) is 0 Å². The number of carbonyl (C=O) groups excluding carboxylic acids is 2. The highest BCUT2D eigenvalue weighted by Gasteiger charge is 2.35. The fourth-order valence-electron chi connectivity index (χ4n) is 1.43. The number of hydrogen-bond donors (Lipinski definition) is 5. The third-order valence-corrected chi connectivity index (χ3v) is 2.61. The van der Waals surface area contributed by atoms with Gasteiger partial charge in [0.1, 0.15) is 11.6 Å². The maximum absolute atomic E-state index is 11.6. The number of hydrogen-bond acceptors (Lipinski definition) is 5. The summed E-state index contributed by atoms with van der Waals surface area (Å²) in [7, 11) is 0. The molecule has 0 bridgehead atoms. The van der Waals surface area contributed by atoms with E-state index >= 15 is 0 Å². The zero-order chi connectivity index (χ0) is 12.2. The monoisotopic (exact) mass is 232 g/mol. The minimum absolute atomic E-state index is 0.206. The van der Waals surface area contributed by atoms with Gasteiger partial charge in [-0.05, 0) is 6.42 Å². The Morgan fingerprint density at radius 2 is 1.94 bits per heavy atom. The molecule has 1 atom stereocenters. The maximum atomic E-state index is 11.6. The van der Waals surface area contributed by atoms with E-state index in [1.54, 1.807) is 0 Å². The van der Waals surface area contributed by atoms with Crippen molar-refractivity contribution in [3.8, 4) is 0 Å². The van der Waals surface area contributed by atoms with Crippen LogP contribution in [0.1, 0.15) is 12.8 Å². The Morgan fingerprint density at radius 1 is 1.38 bits per heavy atom. The topological polar surface area (TPSA) is 119 Å². The molecular weight excluding hydrogens is 216 g/mol. The zero-order valence-electron chi connectivity index (χ0n) is 8.77. The van der Waals surface area contributed by atoms with Gasteiger partial charge in [0.2, 0.25) is 11.8 Å². The molecule has 0 spiro atoms. The van der Waals surface area contributed by atoms with Crippen LogP contribution in [0, 0.1) is 0 Å². The Balaban J connectivity index is 2.58. The molecule has 0 saturated carbocycles. The Labute approximate surface area is 92.5 Å². The largest absolute Gasteiger partial charge is 0.394 e. The van der Waals surface area contributed by atoms with Crippen molar-refractivity contribution in [2.24, 2.45) is 0 Å². The van der Waals surface area contributed by atoms with Crippen LogP contribution >= 0.6 is 0 Å². The van der Waals surface area contributed by atoms with Crippen molar-refractivity contribution in [2.75, 3.05) is 19.8 Å². The van der Waals surface area contributed by atoms with Crippen LogP contribution in [0.3, 0.4) is 0 Å². The van der Waals surface area contributed by atoms with Crippen LogP contribution in [-0.4, -0.2) is 58.5 Å². The lowest BCUT2D eigenvalue weighted by atomic mass is 10.0. The van der Waals surface area contributed by atoms with Gasteiger partial charge in [-0.3, -0.25) is 9.59 Å². The molecule has 1 aliphatic heterocycles. The Bertz CT molecular complexity index is 269.